The van der Waals surface area contributed by atoms with E-state index in [0.717, 1.165) is 15.6 Å². The summed E-state index contributed by atoms with van der Waals surface area (Å²) in [5.41, 5.74) is 3.35. The van der Waals surface area contributed by atoms with Gasteiger partial charge in [-0.3, -0.25) is 4.79 Å². The van der Waals surface area contributed by atoms with Crippen LogP contribution in [-0.2, 0) is 5.75 Å². The van der Waals surface area contributed by atoms with Gasteiger partial charge in [0.1, 0.15) is 4.34 Å². The number of thiazole rings is 1. The van der Waals surface area contributed by atoms with Crippen molar-refractivity contribution in [2.24, 2.45) is 0 Å². The number of aromatic nitrogens is 1. The quantitative estimate of drug-likeness (QED) is 0.587. The number of aryl methyl sites for hydroxylation is 1. The lowest BCUT2D eigenvalue weighted by molar-refractivity contribution is 0.102. The molecule has 0 spiro atoms. The maximum atomic E-state index is 12.6. The van der Waals surface area contributed by atoms with Gasteiger partial charge in [0.05, 0.1) is 0 Å². The van der Waals surface area contributed by atoms with Crippen LogP contribution in [0, 0.1) is 6.92 Å². The third-order valence-electron chi connectivity index (χ3n) is 3.29. The van der Waals surface area contributed by atoms with Gasteiger partial charge in [-0.2, -0.15) is 0 Å². The molecule has 0 aliphatic carbocycles. The second kappa shape index (κ2) is 7.83. The highest BCUT2D eigenvalue weighted by Crippen LogP contribution is 2.27. The fraction of sp³-hybridized carbons (Fsp3) is 0.111. The molecule has 0 atom stereocenters. The molecule has 0 aliphatic rings. The number of benzene rings is 2. The van der Waals surface area contributed by atoms with Gasteiger partial charge in [0.15, 0.2) is 0 Å². The largest absolute Gasteiger partial charge is 0.322 e. The molecule has 0 aliphatic heterocycles. The smallest absolute Gasteiger partial charge is 0.255 e. The Balaban J connectivity index is 1.74. The molecule has 3 nitrogen and oxygen atoms in total. The zero-order valence-electron chi connectivity index (χ0n) is 13.0. The zero-order valence-corrected chi connectivity index (χ0v) is 15.3. The third kappa shape index (κ3) is 4.38. The van der Waals surface area contributed by atoms with E-state index < -0.39 is 0 Å². The summed E-state index contributed by atoms with van der Waals surface area (Å²) in [7, 11) is 0. The first-order chi connectivity index (χ1) is 11.6. The van der Waals surface area contributed by atoms with E-state index in [4.69, 9.17) is 11.6 Å². The lowest BCUT2D eigenvalue weighted by Gasteiger charge is -2.10. The Morgan fingerprint density at radius 2 is 2.08 bits per heavy atom. The molecule has 6 heteroatoms. The number of anilines is 1. The molecule has 1 N–H and O–H groups in total. The van der Waals surface area contributed by atoms with Crippen molar-refractivity contribution in [1.82, 2.24) is 4.98 Å². The van der Waals surface area contributed by atoms with Crippen molar-refractivity contribution < 1.29 is 4.79 Å². The summed E-state index contributed by atoms with van der Waals surface area (Å²) in [6.45, 7) is 1.98. The Labute approximate surface area is 154 Å². The van der Waals surface area contributed by atoms with Crippen LogP contribution in [0.25, 0.3) is 0 Å². The van der Waals surface area contributed by atoms with Crippen LogP contribution in [0.3, 0.4) is 0 Å². The molecule has 0 saturated heterocycles. The Morgan fingerprint density at radius 3 is 2.83 bits per heavy atom. The minimum atomic E-state index is -0.135. The molecule has 1 heterocycles. The molecular formula is C18H15ClN2OS2. The summed E-state index contributed by atoms with van der Waals surface area (Å²) < 4.78 is 1.01. The number of amides is 1. The van der Waals surface area contributed by atoms with E-state index in [1.165, 1.54) is 0 Å². The first kappa shape index (κ1) is 17.0. The molecule has 1 amide bonds. The summed E-state index contributed by atoms with van der Waals surface area (Å²) in [6, 6.07) is 14.8. The number of halogens is 1. The van der Waals surface area contributed by atoms with E-state index in [0.29, 0.717) is 22.0 Å². The second-order valence-electron chi connectivity index (χ2n) is 5.17. The van der Waals surface area contributed by atoms with Crippen LogP contribution in [0.2, 0.25) is 5.02 Å². The predicted octanol–water partition coefficient (Wildman–Crippen LogP) is 5.65. The van der Waals surface area contributed by atoms with E-state index >= 15 is 0 Å². The standard InChI is InChI=1S/C18H15ClN2OS2/c1-12-10-23-18(20-12)24-11-13-5-2-3-8-16(13)17(22)21-15-7-4-6-14(19)9-15/h2-10H,11H2,1H3,(H,21,22). The molecule has 1 aromatic heterocycles. The Kier molecular flexibility index (Phi) is 5.56. The maximum absolute atomic E-state index is 12.6. The average molecular weight is 375 g/mol. The van der Waals surface area contributed by atoms with Gasteiger partial charge >= 0.3 is 0 Å². The fourth-order valence-corrected chi connectivity index (χ4v) is 4.21. The summed E-state index contributed by atoms with van der Waals surface area (Å²) in [4.78, 5) is 17.0. The molecule has 0 saturated carbocycles. The van der Waals surface area contributed by atoms with Crippen LogP contribution in [0.5, 0.6) is 0 Å². The van der Waals surface area contributed by atoms with Crippen molar-refractivity contribution in [2.45, 2.75) is 17.0 Å². The lowest BCUT2D eigenvalue weighted by atomic mass is 10.1. The Bertz CT molecular complexity index is 863. The van der Waals surface area contributed by atoms with Crippen LogP contribution >= 0.6 is 34.7 Å². The normalized spacial score (nSPS) is 10.6. The maximum Gasteiger partial charge on any atom is 0.255 e. The SMILES string of the molecule is Cc1csc(SCc2ccccc2C(=O)Nc2cccc(Cl)c2)n1. The molecule has 0 unspecified atom stereocenters. The van der Waals surface area contributed by atoms with Crippen molar-refractivity contribution >= 4 is 46.3 Å². The van der Waals surface area contributed by atoms with Crippen LogP contribution in [0.1, 0.15) is 21.6 Å². The molecule has 122 valence electrons. The molecule has 0 bridgehead atoms. The van der Waals surface area contributed by atoms with Gasteiger partial charge in [0.25, 0.3) is 5.91 Å². The molecule has 0 fully saturated rings. The van der Waals surface area contributed by atoms with Crippen LogP contribution < -0.4 is 5.32 Å². The predicted molar refractivity (Wildman–Crippen MR) is 102 cm³/mol. The molecule has 3 rings (SSSR count). The molecule has 0 radical (unpaired) electrons. The van der Waals surface area contributed by atoms with E-state index in [9.17, 15) is 4.79 Å². The van der Waals surface area contributed by atoms with Crippen LogP contribution in [-0.4, -0.2) is 10.9 Å². The zero-order chi connectivity index (χ0) is 16.9. The lowest BCUT2D eigenvalue weighted by Crippen LogP contribution is -2.13. The summed E-state index contributed by atoms with van der Waals surface area (Å²) >= 11 is 9.23. The minimum Gasteiger partial charge on any atom is -0.322 e. The fourth-order valence-electron chi connectivity index (χ4n) is 2.17. The van der Waals surface area contributed by atoms with E-state index in [1.54, 1.807) is 35.2 Å². The molecular weight excluding hydrogens is 360 g/mol. The first-order valence-electron chi connectivity index (χ1n) is 7.31. The topological polar surface area (TPSA) is 42.0 Å². The van der Waals surface area contributed by atoms with Crippen molar-refractivity contribution in [3.8, 4) is 0 Å². The van der Waals surface area contributed by atoms with Gasteiger partial charge in [-0.05, 0) is 36.8 Å². The summed E-state index contributed by atoms with van der Waals surface area (Å²) in [6.07, 6.45) is 0. The number of thioether (sulfide) groups is 1. The molecule has 24 heavy (non-hydrogen) atoms. The number of hydrogen-bond donors (Lipinski definition) is 1. The van der Waals surface area contributed by atoms with E-state index in [1.807, 2.05) is 48.7 Å². The minimum absolute atomic E-state index is 0.135. The molecule has 3 aromatic rings. The van der Waals surface area contributed by atoms with E-state index in [-0.39, 0.29) is 5.91 Å². The van der Waals surface area contributed by atoms with E-state index in [2.05, 4.69) is 10.3 Å². The number of rotatable bonds is 5. The van der Waals surface area contributed by atoms with Crippen molar-refractivity contribution in [3.63, 3.8) is 0 Å². The monoisotopic (exact) mass is 374 g/mol. The highest BCUT2D eigenvalue weighted by atomic mass is 35.5. The molecule has 2 aromatic carbocycles. The number of nitrogens with one attached hydrogen (secondary N) is 1. The van der Waals surface area contributed by atoms with Crippen molar-refractivity contribution in [1.29, 1.82) is 0 Å². The summed E-state index contributed by atoms with van der Waals surface area (Å²) in [5, 5.41) is 5.52. The second-order valence-corrected chi connectivity index (χ2v) is 7.68. The van der Waals surface area contributed by atoms with Gasteiger partial charge in [-0.25, -0.2) is 4.98 Å². The van der Waals surface area contributed by atoms with Crippen molar-refractivity contribution in [2.75, 3.05) is 5.32 Å². The van der Waals surface area contributed by atoms with Gasteiger partial charge < -0.3 is 5.32 Å². The number of carbonyl (C=O) groups is 1. The van der Waals surface area contributed by atoms with Crippen LogP contribution in [0.15, 0.2) is 58.3 Å². The highest BCUT2D eigenvalue weighted by Gasteiger charge is 2.12. The number of carbonyl (C=O) groups excluding carboxylic acids is 1. The first-order valence-corrected chi connectivity index (χ1v) is 9.56. The summed E-state index contributed by atoms with van der Waals surface area (Å²) in [5.74, 6) is 0.565. The van der Waals surface area contributed by atoms with Crippen molar-refractivity contribution in [3.05, 3.63) is 75.8 Å². The third-order valence-corrected chi connectivity index (χ3v) is 5.72. The number of hydrogen-bond acceptors (Lipinski definition) is 4. The highest BCUT2D eigenvalue weighted by molar-refractivity contribution is 8.00. The van der Waals surface area contributed by atoms with Gasteiger partial charge in [0.2, 0.25) is 0 Å². The van der Waals surface area contributed by atoms with Crippen LogP contribution in [0.4, 0.5) is 5.69 Å². The van der Waals surface area contributed by atoms with Gasteiger partial charge in [0, 0.05) is 33.1 Å². The Hall–Kier alpha value is -1.82. The van der Waals surface area contributed by atoms with Gasteiger partial charge in [-0.1, -0.05) is 47.6 Å². The van der Waals surface area contributed by atoms with Gasteiger partial charge in [-0.15, -0.1) is 11.3 Å². The number of nitrogens with zero attached hydrogens (tertiary/aromatic N) is 1. The average Bonchev–Trinajstić information content (AvgIpc) is 2.99. The Morgan fingerprint density at radius 1 is 1.25 bits per heavy atom.